The van der Waals surface area contributed by atoms with Crippen LogP contribution in [-0.4, -0.2) is 64.8 Å². The lowest BCUT2D eigenvalue weighted by atomic mass is 9.98. The second-order valence-electron chi connectivity index (χ2n) is 34.7. The van der Waals surface area contributed by atoms with Gasteiger partial charge in [-0.1, -0.05) is 363 Å². The van der Waals surface area contributed by atoms with Gasteiger partial charge in [-0.2, -0.15) is 0 Å². The van der Waals surface area contributed by atoms with Crippen molar-refractivity contribution in [3.8, 4) is 78.5 Å². The third kappa shape index (κ3) is 19.0. The first-order chi connectivity index (χ1) is 70.1. The van der Waals surface area contributed by atoms with Crippen LogP contribution in [0.25, 0.3) is 176 Å². The molecule has 24 aromatic rings. The third-order valence-corrected chi connectivity index (χ3v) is 26.4. The summed E-state index contributed by atoms with van der Waals surface area (Å²) < 4.78 is 0. The molecule has 0 N–H and O–H groups in total. The Bertz CT molecular complexity index is 7990. The first-order valence-corrected chi connectivity index (χ1v) is 49.2. The van der Waals surface area contributed by atoms with Crippen molar-refractivity contribution < 1.29 is 0 Å². The number of pyridine rings is 5. The molecule has 15 aromatic carbocycles. The standard InChI is InChI=1S/C18H13N.4C17H12N2.C13H11N.C12H10N2.C12H9N.3C2H6/c1-2-6-13(7-3-1)18-17-12-14-8-4-5-9-15(14)16(17)10-11-19-18;1-11-10-18-16-14-8-4-2-6-12(14)13-7-3-5-9-15(13)17(16)19-11;1-11-18-10-16-14-8-3-2-6-12(14)13-7-4-5-9-15(13)17(16)19-11;1-11-8-9-15-13-6-3-2-5-12(13)14-7-4-10-18-16(14)17(15)19-11;1-2-6-12(7-3-1)16-15-10-13-8-4-5-9-14(13)17(15)19-11-18-16;1-9-13-8-10-4-2-3-5-11(10)12(13)6-7-14-9;1-8-11-6-9-4-2-3-5-10(9)12(11)14-7-13-8;1-2-6-11-9(4-1)8-10-5-3-7-13-12(10)11;3*1-2/h1-11H,12H2;3*2-10H,1H3;1-9,11H,10H2;2-7H,8H2,1H3;2-5,7H,6H2,1H3;1-7H,8H2;3*1-2H3. The van der Waals surface area contributed by atoms with Gasteiger partial charge >= 0.3 is 0 Å². The number of aromatic nitrogens is 13. The highest BCUT2D eigenvalue weighted by atomic mass is 14.9. The number of nitrogens with zero attached hydrogens (tertiary/aromatic N) is 13. The number of hydrogen-bond acceptors (Lipinski definition) is 13. The van der Waals surface area contributed by atoms with Crippen LogP contribution < -0.4 is 0 Å². The van der Waals surface area contributed by atoms with Gasteiger partial charge < -0.3 is 0 Å². The molecule has 0 saturated heterocycles. The van der Waals surface area contributed by atoms with Gasteiger partial charge in [0.05, 0.1) is 61.7 Å². The van der Waals surface area contributed by atoms with Gasteiger partial charge in [-0.25, -0.2) is 34.9 Å². The van der Waals surface area contributed by atoms with Crippen molar-refractivity contribution in [2.24, 2.45) is 0 Å². The van der Waals surface area contributed by atoms with Gasteiger partial charge in [0.1, 0.15) is 18.5 Å². The summed E-state index contributed by atoms with van der Waals surface area (Å²) in [6.45, 7) is 22.1. The maximum absolute atomic E-state index is 4.69. The van der Waals surface area contributed by atoms with Crippen LogP contribution in [0.3, 0.4) is 0 Å². The Hall–Kier alpha value is -17.3. The molecule has 0 amide bonds. The van der Waals surface area contributed by atoms with E-state index in [1.807, 2.05) is 143 Å². The number of rotatable bonds is 2. The van der Waals surface area contributed by atoms with Crippen molar-refractivity contribution in [2.45, 2.75) is 108 Å². The fourth-order valence-electron chi connectivity index (χ4n) is 20.0. The van der Waals surface area contributed by atoms with Crippen molar-refractivity contribution in [1.29, 1.82) is 0 Å². The fourth-order valence-corrected chi connectivity index (χ4v) is 20.0. The second-order valence-corrected chi connectivity index (χ2v) is 34.7. The molecule has 13 nitrogen and oxygen atoms in total. The van der Waals surface area contributed by atoms with Gasteiger partial charge in [-0.05, 0) is 169 Å². The van der Waals surface area contributed by atoms with E-state index in [1.54, 1.807) is 12.7 Å². The molecule has 0 radical (unpaired) electrons. The Morgan fingerprint density at radius 3 is 1.08 bits per heavy atom. The van der Waals surface area contributed by atoms with Crippen LogP contribution in [0, 0.1) is 34.6 Å². The fraction of sp³-hybridized carbons (Fsp3) is 0.124. The van der Waals surface area contributed by atoms with Crippen LogP contribution >= 0.6 is 0 Å². The molecular weight excluding hydrogens is 1730 g/mol. The molecule has 0 saturated carbocycles. The Kier molecular flexibility index (Phi) is 28.5. The summed E-state index contributed by atoms with van der Waals surface area (Å²) in [4.78, 5) is 58.4. The molecule has 0 atom stereocenters. The van der Waals surface area contributed by atoms with Gasteiger partial charge in [-0.3, -0.25) is 29.9 Å². The zero-order valence-electron chi connectivity index (χ0n) is 82.0. The van der Waals surface area contributed by atoms with Crippen molar-refractivity contribution in [2.75, 3.05) is 0 Å². The maximum atomic E-state index is 4.69. The summed E-state index contributed by atoms with van der Waals surface area (Å²) in [5.41, 5.74) is 40.0. The zero-order chi connectivity index (χ0) is 97.5. The monoisotopic (exact) mass is 1840 g/mol. The molecule has 0 spiro atoms. The highest BCUT2D eigenvalue weighted by Gasteiger charge is 2.27. The average molecular weight is 1840 g/mol. The Morgan fingerprint density at radius 2 is 0.521 bits per heavy atom. The van der Waals surface area contributed by atoms with E-state index in [0.29, 0.717) is 0 Å². The van der Waals surface area contributed by atoms with Gasteiger partial charge in [0.15, 0.2) is 0 Å². The number of fused-ring (bicyclic) bond motifs is 33. The molecule has 0 unspecified atom stereocenters. The van der Waals surface area contributed by atoms with Crippen molar-refractivity contribution in [3.63, 3.8) is 0 Å². The highest BCUT2D eigenvalue weighted by Crippen LogP contribution is 2.45. The van der Waals surface area contributed by atoms with Gasteiger partial charge in [0.25, 0.3) is 0 Å². The zero-order valence-corrected chi connectivity index (χ0v) is 82.0. The van der Waals surface area contributed by atoms with Crippen LogP contribution in [0.1, 0.15) is 126 Å². The van der Waals surface area contributed by atoms with E-state index in [1.165, 1.54) is 170 Å². The van der Waals surface area contributed by atoms with Gasteiger partial charge in [0.2, 0.25) is 0 Å². The molecule has 29 rings (SSSR count). The summed E-state index contributed by atoms with van der Waals surface area (Å²) in [6.07, 6.45) is 19.6. The molecule has 9 aromatic heterocycles. The van der Waals surface area contributed by atoms with E-state index in [9.17, 15) is 0 Å². The van der Waals surface area contributed by atoms with E-state index in [0.717, 1.165) is 122 Å². The van der Waals surface area contributed by atoms with E-state index in [2.05, 4.69) is 377 Å². The van der Waals surface area contributed by atoms with Crippen molar-refractivity contribution in [3.05, 3.63) is 486 Å². The van der Waals surface area contributed by atoms with Crippen LogP contribution in [0.4, 0.5) is 0 Å². The largest absolute Gasteiger partial charge is 0.261 e. The summed E-state index contributed by atoms with van der Waals surface area (Å²) in [6, 6.07) is 122. The van der Waals surface area contributed by atoms with Gasteiger partial charge in [0, 0.05) is 158 Å². The predicted octanol–water partition coefficient (Wildman–Crippen LogP) is 31.8. The minimum Gasteiger partial charge on any atom is -0.261 e. The first-order valence-electron chi connectivity index (χ1n) is 49.2. The van der Waals surface area contributed by atoms with Crippen molar-refractivity contribution >= 4 is 97.6 Å². The lowest BCUT2D eigenvalue weighted by Gasteiger charge is -2.09. The SMILES string of the molecule is CC.CC.CC.Cc1ccc2c3ccccc3c3cccnc3c2n1.Cc1cnc2c3ccccc3c3ccccc3c2n1.Cc1ncc2c3ccccc3c3ccccc3c2n1.Cc1nccc2c1Cc1ccccc1-2.Cc1ncnc2c1Cc1ccccc1-2.c1ccc(-c2nccc3c2Cc2ccccc2-3)cc1.c1ccc(-c2ncnc3c2Cc2ccccc2-3)cc1.c1ccc2c(c1)Cc1cccnc1-2. The minimum absolute atomic E-state index is 0.813. The molecule has 5 aliphatic rings. The number of benzene rings is 15. The molecule has 0 aliphatic heterocycles. The molecule has 690 valence electrons. The number of aryl methyl sites for hydroxylation is 5. The van der Waals surface area contributed by atoms with Crippen LogP contribution in [0.5, 0.6) is 0 Å². The Labute approximate surface area is 829 Å². The van der Waals surface area contributed by atoms with E-state index >= 15 is 0 Å². The van der Waals surface area contributed by atoms with Crippen molar-refractivity contribution in [1.82, 2.24) is 64.8 Å². The summed E-state index contributed by atoms with van der Waals surface area (Å²) in [5.74, 6) is 0.813. The quantitative estimate of drug-likeness (QED) is 0.150. The minimum atomic E-state index is 0.813. The summed E-state index contributed by atoms with van der Waals surface area (Å²) in [7, 11) is 0. The molecule has 5 aliphatic carbocycles. The molecule has 9 heterocycles. The Balaban J connectivity index is 0.000000103. The third-order valence-electron chi connectivity index (χ3n) is 26.4. The molecule has 142 heavy (non-hydrogen) atoms. The summed E-state index contributed by atoms with van der Waals surface area (Å²) >= 11 is 0. The average Bonchev–Trinajstić information content (AvgIpc) is 1.24. The van der Waals surface area contributed by atoms with E-state index < -0.39 is 0 Å². The highest BCUT2D eigenvalue weighted by molar-refractivity contribution is 6.25. The van der Waals surface area contributed by atoms with Crippen LogP contribution in [0.15, 0.2) is 402 Å². The Morgan fingerprint density at radius 1 is 0.176 bits per heavy atom. The lowest BCUT2D eigenvalue weighted by Crippen LogP contribution is -1.93. The smallest absolute Gasteiger partial charge is 0.125 e. The molecular formula is C129H109N13. The first kappa shape index (κ1) is 93.7. The normalized spacial score (nSPS) is 11.5. The molecule has 0 bridgehead atoms. The predicted molar refractivity (Wildman–Crippen MR) is 590 cm³/mol. The topological polar surface area (TPSA) is 168 Å². The maximum Gasteiger partial charge on any atom is 0.125 e. The summed E-state index contributed by atoms with van der Waals surface area (Å²) in [5, 5.41) is 15.7. The number of hydrogen-bond donors (Lipinski definition) is 0. The molecule has 0 fully saturated rings. The van der Waals surface area contributed by atoms with Crippen LogP contribution in [0.2, 0.25) is 0 Å². The van der Waals surface area contributed by atoms with Crippen LogP contribution in [-0.2, 0) is 32.1 Å². The van der Waals surface area contributed by atoms with Gasteiger partial charge in [-0.15, -0.1) is 0 Å². The second kappa shape index (κ2) is 43.2. The van der Waals surface area contributed by atoms with E-state index in [4.69, 9.17) is 9.97 Å². The lowest BCUT2D eigenvalue weighted by molar-refractivity contribution is 1.05. The van der Waals surface area contributed by atoms with E-state index in [-0.39, 0.29) is 0 Å². The molecule has 13 heteroatoms.